The van der Waals surface area contributed by atoms with Crippen LogP contribution in [0.3, 0.4) is 0 Å². The van der Waals surface area contributed by atoms with Crippen LogP contribution in [0.15, 0.2) is 29.2 Å². The first-order valence-corrected chi connectivity index (χ1v) is 6.21. The van der Waals surface area contributed by atoms with Gasteiger partial charge in [0, 0.05) is 22.7 Å². The molecule has 3 nitrogen and oxygen atoms in total. The molecule has 0 amide bonds. The van der Waals surface area contributed by atoms with Gasteiger partial charge in [-0.05, 0) is 19.1 Å². The molecule has 18 heavy (non-hydrogen) atoms. The smallest absolute Gasteiger partial charge is 0.141 e. The Hall–Kier alpha value is -1.69. The summed E-state index contributed by atoms with van der Waals surface area (Å²) >= 11 is 1.20. The van der Waals surface area contributed by atoms with Gasteiger partial charge in [0.2, 0.25) is 0 Å². The molecular weight excluding hydrogens is 256 g/mol. The van der Waals surface area contributed by atoms with Gasteiger partial charge in [-0.2, -0.15) is 0 Å². The standard InChI is InChI=1S/C12H11F2N3S/c1-7-4-11(15)17-12(16-7)6-18-10-3-2-8(13)5-9(10)14/h2-5H,6H2,1H3,(H2,15,16,17). The third kappa shape index (κ3) is 3.16. The second-order valence-electron chi connectivity index (χ2n) is 3.71. The number of thioether (sulfide) groups is 1. The van der Waals surface area contributed by atoms with E-state index < -0.39 is 11.6 Å². The maximum atomic E-state index is 13.4. The fourth-order valence-electron chi connectivity index (χ4n) is 1.46. The summed E-state index contributed by atoms with van der Waals surface area (Å²) in [5.41, 5.74) is 6.36. The fraction of sp³-hybridized carbons (Fsp3) is 0.167. The van der Waals surface area contributed by atoms with E-state index in [9.17, 15) is 8.78 Å². The van der Waals surface area contributed by atoms with Crippen molar-refractivity contribution < 1.29 is 8.78 Å². The van der Waals surface area contributed by atoms with Gasteiger partial charge in [0.1, 0.15) is 23.3 Å². The van der Waals surface area contributed by atoms with E-state index in [2.05, 4.69) is 9.97 Å². The molecule has 0 saturated heterocycles. The van der Waals surface area contributed by atoms with E-state index in [0.717, 1.165) is 11.8 Å². The lowest BCUT2D eigenvalue weighted by Crippen LogP contribution is -2.00. The summed E-state index contributed by atoms with van der Waals surface area (Å²) in [6.45, 7) is 1.81. The second kappa shape index (κ2) is 5.30. The van der Waals surface area contributed by atoms with Gasteiger partial charge in [0.05, 0.1) is 5.75 Å². The molecule has 0 aliphatic heterocycles. The molecule has 0 saturated carbocycles. The highest BCUT2D eigenvalue weighted by Gasteiger charge is 2.06. The van der Waals surface area contributed by atoms with Crippen LogP contribution in [0.5, 0.6) is 0 Å². The van der Waals surface area contributed by atoms with Crippen LogP contribution in [0.2, 0.25) is 0 Å². The lowest BCUT2D eigenvalue weighted by Gasteiger charge is -2.04. The Morgan fingerprint density at radius 1 is 1.22 bits per heavy atom. The number of hydrogen-bond donors (Lipinski definition) is 1. The average molecular weight is 267 g/mol. The zero-order valence-corrected chi connectivity index (χ0v) is 10.5. The number of anilines is 1. The molecule has 94 valence electrons. The minimum absolute atomic E-state index is 0.361. The molecule has 2 rings (SSSR count). The molecule has 1 aromatic carbocycles. The zero-order valence-electron chi connectivity index (χ0n) is 9.65. The molecule has 0 radical (unpaired) electrons. The molecule has 0 spiro atoms. The van der Waals surface area contributed by atoms with Gasteiger partial charge in [-0.3, -0.25) is 0 Å². The van der Waals surface area contributed by atoms with Crippen LogP contribution in [0.25, 0.3) is 0 Å². The number of hydrogen-bond acceptors (Lipinski definition) is 4. The quantitative estimate of drug-likeness (QED) is 0.869. The number of halogens is 2. The lowest BCUT2D eigenvalue weighted by atomic mass is 10.3. The molecule has 6 heteroatoms. The largest absolute Gasteiger partial charge is 0.384 e. The van der Waals surface area contributed by atoms with E-state index >= 15 is 0 Å². The summed E-state index contributed by atoms with van der Waals surface area (Å²) in [7, 11) is 0. The normalized spacial score (nSPS) is 10.6. The summed E-state index contributed by atoms with van der Waals surface area (Å²) in [6.07, 6.45) is 0. The number of rotatable bonds is 3. The van der Waals surface area contributed by atoms with Gasteiger partial charge in [0.25, 0.3) is 0 Å². The van der Waals surface area contributed by atoms with Gasteiger partial charge in [-0.1, -0.05) is 0 Å². The first kappa shape index (κ1) is 12.8. The Bertz CT molecular complexity index is 555. The molecule has 0 bridgehead atoms. The maximum Gasteiger partial charge on any atom is 0.141 e. The highest BCUT2D eigenvalue weighted by atomic mass is 32.2. The van der Waals surface area contributed by atoms with Gasteiger partial charge < -0.3 is 5.73 Å². The molecule has 0 fully saturated rings. The molecular formula is C12H11F2N3S. The summed E-state index contributed by atoms with van der Waals surface area (Å²) < 4.78 is 26.1. The van der Waals surface area contributed by atoms with E-state index in [-0.39, 0.29) is 0 Å². The van der Waals surface area contributed by atoms with Crippen LogP contribution < -0.4 is 5.73 Å². The molecule has 0 unspecified atom stereocenters. The lowest BCUT2D eigenvalue weighted by molar-refractivity contribution is 0.565. The van der Waals surface area contributed by atoms with E-state index in [4.69, 9.17) is 5.73 Å². The summed E-state index contributed by atoms with van der Waals surface area (Å²) in [6, 6.07) is 5.13. The van der Waals surface area contributed by atoms with Gasteiger partial charge >= 0.3 is 0 Å². The Morgan fingerprint density at radius 3 is 2.67 bits per heavy atom. The zero-order chi connectivity index (χ0) is 13.1. The number of benzene rings is 1. The van der Waals surface area contributed by atoms with Gasteiger partial charge in [-0.25, -0.2) is 18.7 Å². The Morgan fingerprint density at radius 2 is 2.00 bits per heavy atom. The second-order valence-corrected chi connectivity index (χ2v) is 4.73. The molecule has 0 atom stereocenters. The number of nitrogen functional groups attached to an aromatic ring is 1. The predicted molar refractivity (Wildman–Crippen MR) is 67.1 cm³/mol. The Balaban J connectivity index is 2.11. The SMILES string of the molecule is Cc1cc(N)nc(CSc2ccc(F)cc2F)n1. The van der Waals surface area contributed by atoms with Crippen molar-refractivity contribution in [1.29, 1.82) is 0 Å². The molecule has 2 aromatic rings. The topological polar surface area (TPSA) is 51.8 Å². The first-order chi connectivity index (χ1) is 8.54. The van der Waals surface area contributed by atoms with Crippen molar-refractivity contribution in [2.24, 2.45) is 0 Å². The van der Waals surface area contributed by atoms with Crippen molar-refractivity contribution in [3.8, 4) is 0 Å². The third-order valence-corrected chi connectivity index (χ3v) is 3.22. The monoisotopic (exact) mass is 267 g/mol. The van der Waals surface area contributed by atoms with Crippen molar-refractivity contribution in [3.05, 3.63) is 47.4 Å². The van der Waals surface area contributed by atoms with Crippen molar-refractivity contribution in [2.75, 3.05) is 5.73 Å². The van der Waals surface area contributed by atoms with Gasteiger partial charge in [0.15, 0.2) is 0 Å². The minimum atomic E-state index is -0.590. The van der Waals surface area contributed by atoms with Crippen LogP contribution in [0, 0.1) is 18.6 Å². The van der Waals surface area contributed by atoms with Crippen LogP contribution in [0.4, 0.5) is 14.6 Å². The summed E-state index contributed by atoms with van der Waals surface area (Å²) in [4.78, 5) is 8.59. The van der Waals surface area contributed by atoms with Crippen molar-refractivity contribution in [1.82, 2.24) is 9.97 Å². The fourth-order valence-corrected chi connectivity index (χ4v) is 2.23. The van der Waals surface area contributed by atoms with Crippen LogP contribution in [0.1, 0.15) is 11.5 Å². The Kier molecular flexibility index (Phi) is 3.76. The average Bonchev–Trinajstić information content (AvgIpc) is 2.26. The van der Waals surface area contributed by atoms with Crippen LogP contribution in [-0.2, 0) is 5.75 Å². The highest BCUT2D eigenvalue weighted by Crippen LogP contribution is 2.25. The molecule has 2 N–H and O–H groups in total. The summed E-state index contributed by atoms with van der Waals surface area (Å²) in [5.74, 6) is 0.126. The third-order valence-electron chi connectivity index (χ3n) is 2.17. The first-order valence-electron chi connectivity index (χ1n) is 5.22. The van der Waals surface area contributed by atoms with Crippen LogP contribution >= 0.6 is 11.8 Å². The maximum absolute atomic E-state index is 13.4. The van der Waals surface area contributed by atoms with Gasteiger partial charge in [-0.15, -0.1) is 11.8 Å². The number of nitrogens with zero attached hydrogens (tertiary/aromatic N) is 2. The van der Waals surface area contributed by atoms with Crippen LogP contribution in [-0.4, -0.2) is 9.97 Å². The molecule has 1 aromatic heterocycles. The van der Waals surface area contributed by atoms with E-state index in [1.807, 2.05) is 6.92 Å². The number of nitrogens with two attached hydrogens (primary N) is 1. The minimum Gasteiger partial charge on any atom is -0.384 e. The van der Waals surface area contributed by atoms with Crippen molar-refractivity contribution in [2.45, 2.75) is 17.6 Å². The Labute approximate surface area is 107 Å². The highest BCUT2D eigenvalue weighted by molar-refractivity contribution is 7.98. The number of aryl methyl sites for hydroxylation is 1. The molecule has 0 aliphatic carbocycles. The van der Waals surface area contributed by atoms with E-state index in [0.29, 0.717) is 22.3 Å². The van der Waals surface area contributed by atoms with Crippen molar-refractivity contribution >= 4 is 17.6 Å². The molecule has 0 aliphatic rings. The number of aromatic nitrogens is 2. The van der Waals surface area contributed by atoms with E-state index in [1.165, 1.54) is 23.9 Å². The van der Waals surface area contributed by atoms with E-state index in [1.54, 1.807) is 6.07 Å². The predicted octanol–water partition coefficient (Wildman–Crippen LogP) is 2.94. The molecule has 1 heterocycles. The van der Waals surface area contributed by atoms with Crippen molar-refractivity contribution in [3.63, 3.8) is 0 Å². The summed E-state index contributed by atoms with van der Waals surface area (Å²) in [5, 5.41) is 0.